The lowest BCUT2D eigenvalue weighted by atomic mass is 10.1. The van der Waals surface area contributed by atoms with Crippen molar-refractivity contribution in [1.82, 2.24) is 24.5 Å². The zero-order valence-electron chi connectivity index (χ0n) is 16.6. The topological polar surface area (TPSA) is 94.7 Å². The van der Waals surface area contributed by atoms with Gasteiger partial charge in [0.25, 0.3) is 11.7 Å². The van der Waals surface area contributed by atoms with Crippen LogP contribution >= 0.6 is 0 Å². The van der Waals surface area contributed by atoms with Crippen LogP contribution in [-0.4, -0.2) is 36.2 Å². The Morgan fingerprint density at radius 2 is 1.60 bits per heavy atom. The Morgan fingerprint density at radius 3 is 2.30 bits per heavy atom. The predicted octanol–water partition coefficient (Wildman–Crippen LogP) is 2.95. The van der Waals surface area contributed by atoms with E-state index in [1.807, 2.05) is 60.7 Å². The molecule has 150 valence electrons. The predicted molar refractivity (Wildman–Crippen MR) is 112 cm³/mol. The molecule has 0 saturated carbocycles. The van der Waals surface area contributed by atoms with Crippen molar-refractivity contribution in [2.75, 3.05) is 5.32 Å². The third kappa shape index (κ3) is 3.88. The molecule has 0 fully saturated rings. The summed E-state index contributed by atoms with van der Waals surface area (Å²) in [6, 6.07) is 19.2. The van der Waals surface area contributed by atoms with E-state index in [1.54, 1.807) is 23.2 Å². The standard InChI is InChI=1S/C22H20N6O2/c1-15-19(16(2)28(25-15)18-11-7-4-8-12-18)20(29)21(30)24-22-23-14-27(26-22)13-17-9-5-3-6-10-17/h3-12,14H,13H2,1-2H3,(H,24,26,30). The number of nitrogens with one attached hydrogen (secondary N) is 1. The van der Waals surface area contributed by atoms with Crippen LogP contribution in [-0.2, 0) is 11.3 Å². The molecule has 0 unspecified atom stereocenters. The maximum Gasteiger partial charge on any atom is 0.299 e. The number of ketones is 1. The van der Waals surface area contributed by atoms with Gasteiger partial charge in [-0.25, -0.2) is 14.3 Å². The minimum Gasteiger partial charge on any atom is -0.286 e. The van der Waals surface area contributed by atoms with E-state index in [-0.39, 0.29) is 11.5 Å². The highest BCUT2D eigenvalue weighted by Crippen LogP contribution is 2.19. The summed E-state index contributed by atoms with van der Waals surface area (Å²) < 4.78 is 3.25. The van der Waals surface area contributed by atoms with E-state index in [1.165, 1.54) is 6.33 Å². The largest absolute Gasteiger partial charge is 0.299 e. The third-order valence-corrected chi connectivity index (χ3v) is 4.67. The molecule has 2 aromatic heterocycles. The van der Waals surface area contributed by atoms with Gasteiger partial charge in [0.2, 0.25) is 5.95 Å². The summed E-state index contributed by atoms with van der Waals surface area (Å²) in [7, 11) is 0. The maximum absolute atomic E-state index is 12.8. The number of carbonyl (C=O) groups is 2. The normalized spacial score (nSPS) is 10.7. The number of hydrogen-bond acceptors (Lipinski definition) is 5. The molecule has 0 saturated heterocycles. The highest BCUT2D eigenvalue weighted by atomic mass is 16.2. The number of amides is 1. The lowest BCUT2D eigenvalue weighted by molar-refractivity contribution is -0.112. The maximum atomic E-state index is 12.8. The van der Waals surface area contributed by atoms with Crippen LogP contribution < -0.4 is 5.32 Å². The first-order valence-electron chi connectivity index (χ1n) is 9.43. The molecule has 0 aliphatic heterocycles. The number of benzene rings is 2. The smallest absolute Gasteiger partial charge is 0.286 e. The fourth-order valence-electron chi connectivity index (χ4n) is 3.26. The molecule has 0 radical (unpaired) electrons. The lowest BCUT2D eigenvalue weighted by Crippen LogP contribution is -2.24. The minimum absolute atomic E-state index is 0.0787. The molecule has 2 aromatic carbocycles. The van der Waals surface area contributed by atoms with Gasteiger partial charge in [-0.15, -0.1) is 5.10 Å². The monoisotopic (exact) mass is 400 g/mol. The zero-order chi connectivity index (χ0) is 21.1. The van der Waals surface area contributed by atoms with Gasteiger partial charge in [0.05, 0.1) is 29.2 Å². The van der Waals surface area contributed by atoms with E-state index in [9.17, 15) is 9.59 Å². The summed E-state index contributed by atoms with van der Waals surface area (Å²) in [6.45, 7) is 3.99. The molecule has 4 rings (SSSR count). The number of nitrogens with zero attached hydrogens (tertiary/aromatic N) is 5. The molecule has 0 bridgehead atoms. The van der Waals surface area contributed by atoms with Crippen molar-refractivity contribution in [2.24, 2.45) is 0 Å². The van der Waals surface area contributed by atoms with Gasteiger partial charge in [-0.2, -0.15) is 5.10 Å². The molecule has 1 N–H and O–H groups in total. The quantitative estimate of drug-likeness (QED) is 0.397. The van der Waals surface area contributed by atoms with Gasteiger partial charge < -0.3 is 0 Å². The van der Waals surface area contributed by atoms with Crippen LogP contribution in [0, 0.1) is 13.8 Å². The number of Topliss-reactive ketones (excluding diaryl/α,β-unsaturated/α-hetero) is 1. The number of aryl methyl sites for hydroxylation is 1. The van der Waals surface area contributed by atoms with Crippen LogP contribution in [0.25, 0.3) is 5.69 Å². The summed E-state index contributed by atoms with van der Waals surface area (Å²) in [5, 5.41) is 11.1. The number of para-hydroxylation sites is 1. The van der Waals surface area contributed by atoms with Gasteiger partial charge in [0, 0.05) is 0 Å². The fraction of sp³-hybridized carbons (Fsp3) is 0.136. The number of aromatic nitrogens is 5. The first-order chi connectivity index (χ1) is 14.5. The first kappa shape index (κ1) is 19.3. The number of rotatable bonds is 6. The number of anilines is 1. The van der Waals surface area contributed by atoms with Crippen molar-refractivity contribution in [3.05, 3.63) is 89.5 Å². The van der Waals surface area contributed by atoms with E-state index >= 15 is 0 Å². The van der Waals surface area contributed by atoms with Crippen LogP contribution in [0.3, 0.4) is 0 Å². The SMILES string of the molecule is Cc1nn(-c2ccccc2)c(C)c1C(=O)C(=O)Nc1ncn(Cc2ccccc2)n1. The second kappa shape index (κ2) is 8.12. The van der Waals surface area contributed by atoms with Gasteiger partial charge in [0.1, 0.15) is 6.33 Å². The molecule has 30 heavy (non-hydrogen) atoms. The molecule has 8 nitrogen and oxygen atoms in total. The number of hydrogen-bond donors (Lipinski definition) is 1. The highest BCUT2D eigenvalue weighted by molar-refractivity contribution is 6.46. The van der Waals surface area contributed by atoms with Crippen molar-refractivity contribution in [3.8, 4) is 5.69 Å². The van der Waals surface area contributed by atoms with E-state index in [2.05, 4.69) is 20.5 Å². The fourth-order valence-corrected chi connectivity index (χ4v) is 3.26. The molecular formula is C22H20N6O2. The summed E-state index contributed by atoms with van der Waals surface area (Å²) >= 11 is 0. The van der Waals surface area contributed by atoms with E-state index in [4.69, 9.17) is 0 Å². The van der Waals surface area contributed by atoms with E-state index in [0.717, 1.165) is 11.3 Å². The molecule has 4 aromatic rings. The Kier molecular flexibility index (Phi) is 5.21. The minimum atomic E-state index is -0.800. The molecule has 1 amide bonds. The number of carbonyl (C=O) groups excluding carboxylic acids is 2. The Bertz CT molecular complexity index is 1200. The van der Waals surface area contributed by atoms with Gasteiger partial charge in [-0.3, -0.25) is 14.9 Å². The summed E-state index contributed by atoms with van der Waals surface area (Å²) in [4.78, 5) is 29.4. The second-order valence-corrected chi connectivity index (χ2v) is 6.83. The average Bonchev–Trinajstić information content (AvgIpc) is 3.32. The molecule has 0 aliphatic rings. The van der Waals surface area contributed by atoms with Gasteiger partial charge in [0.15, 0.2) is 0 Å². The molecule has 0 atom stereocenters. The van der Waals surface area contributed by atoms with Crippen LogP contribution in [0.2, 0.25) is 0 Å². The first-order valence-corrected chi connectivity index (χ1v) is 9.43. The van der Waals surface area contributed by atoms with Crippen LogP contribution in [0.1, 0.15) is 27.3 Å². The summed E-state index contributed by atoms with van der Waals surface area (Å²) in [6.07, 6.45) is 1.51. The van der Waals surface area contributed by atoms with Crippen molar-refractivity contribution in [3.63, 3.8) is 0 Å². The van der Waals surface area contributed by atoms with Gasteiger partial charge in [-0.05, 0) is 31.5 Å². The lowest BCUT2D eigenvalue weighted by Gasteiger charge is -2.05. The molecule has 0 aliphatic carbocycles. The zero-order valence-corrected chi connectivity index (χ0v) is 16.6. The molecule has 8 heteroatoms. The molecule has 0 spiro atoms. The van der Waals surface area contributed by atoms with Crippen molar-refractivity contribution in [1.29, 1.82) is 0 Å². The summed E-state index contributed by atoms with van der Waals surface area (Å²) in [5.74, 6) is -1.40. The van der Waals surface area contributed by atoms with Gasteiger partial charge in [-0.1, -0.05) is 48.5 Å². The summed E-state index contributed by atoms with van der Waals surface area (Å²) in [5.41, 5.74) is 3.23. The Balaban J connectivity index is 1.50. The Morgan fingerprint density at radius 1 is 0.933 bits per heavy atom. The van der Waals surface area contributed by atoms with Crippen LogP contribution in [0.4, 0.5) is 5.95 Å². The average molecular weight is 400 g/mol. The second-order valence-electron chi connectivity index (χ2n) is 6.83. The molecular weight excluding hydrogens is 380 g/mol. The highest BCUT2D eigenvalue weighted by Gasteiger charge is 2.26. The van der Waals surface area contributed by atoms with Crippen molar-refractivity contribution in [2.45, 2.75) is 20.4 Å². The van der Waals surface area contributed by atoms with Gasteiger partial charge >= 0.3 is 0 Å². The van der Waals surface area contributed by atoms with E-state index in [0.29, 0.717) is 17.9 Å². The van der Waals surface area contributed by atoms with Crippen LogP contribution in [0.15, 0.2) is 67.0 Å². The molecule has 2 heterocycles. The van der Waals surface area contributed by atoms with Crippen molar-refractivity contribution >= 4 is 17.6 Å². The van der Waals surface area contributed by atoms with Crippen LogP contribution in [0.5, 0.6) is 0 Å². The Hall–Kier alpha value is -4.07. The Labute approximate surface area is 173 Å². The third-order valence-electron chi connectivity index (χ3n) is 4.67. The van der Waals surface area contributed by atoms with E-state index < -0.39 is 11.7 Å². The van der Waals surface area contributed by atoms with Crippen molar-refractivity contribution < 1.29 is 9.59 Å².